The van der Waals surface area contributed by atoms with Gasteiger partial charge in [-0.15, -0.1) is 0 Å². The molecule has 0 unspecified atom stereocenters. The van der Waals surface area contributed by atoms with Gasteiger partial charge in [-0.2, -0.15) is 4.98 Å². The highest BCUT2D eigenvalue weighted by Crippen LogP contribution is 2.20. The van der Waals surface area contributed by atoms with Crippen LogP contribution in [0, 0.1) is 12.7 Å². The van der Waals surface area contributed by atoms with Crippen LogP contribution in [-0.2, 0) is 13.1 Å². The minimum Gasteiger partial charge on any atom is -0.347 e. The maximum atomic E-state index is 13.8. The van der Waals surface area contributed by atoms with Crippen LogP contribution >= 0.6 is 11.6 Å². The van der Waals surface area contributed by atoms with Gasteiger partial charge in [-0.05, 0) is 19.1 Å². The minimum atomic E-state index is -0.345. The van der Waals surface area contributed by atoms with E-state index in [4.69, 9.17) is 16.1 Å². The molecule has 0 aliphatic rings. The van der Waals surface area contributed by atoms with E-state index in [1.807, 2.05) is 0 Å². The van der Waals surface area contributed by atoms with Gasteiger partial charge in [-0.25, -0.2) is 4.39 Å². The average Bonchev–Trinajstić information content (AvgIpc) is 2.89. The standard InChI is InChI=1S/C14H17ClFN5O/c1-9-19-13(22-20-9)7-18-14(17-2)21(3)8-10-11(15)5-4-6-12(10)16/h4-6H,7-8H2,1-3H3,(H,17,18). The molecule has 0 spiro atoms. The van der Waals surface area contributed by atoms with E-state index in [2.05, 4.69) is 20.4 Å². The molecule has 0 amide bonds. The summed E-state index contributed by atoms with van der Waals surface area (Å²) >= 11 is 6.04. The summed E-state index contributed by atoms with van der Waals surface area (Å²) < 4.78 is 18.8. The van der Waals surface area contributed by atoms with Crippen molar-refractivity contribution in [1.82, 2.24) is 20.4 Å². The first-order valence-corrected chi connectivity index (χ1v) is 7.03. The zero-order chi connectivity index (χ0) is 16.1. The van der Waals surface area contributed by atoms with E-state index >= 15 is 0 Å². The first-order chi connectivity index (χ1) is 10.5. The van der Waals surface area contributed by atoms with Crippen LogP contribution in [0.4, 0.5) is 4.39 Å². The average molecular weight is 326 g/mol. The fourth-order valence-corrected chi connectivity index (χ4v) is 2.17. The van der Waals surface area contributed by atoms with Gasteiger partial charge < -0.3 is 14.7 Å². The number of nitrogens with zero attached hydrogens (tertiary/aromatic N) is 4. The van der Waals surface area contributed by atoms with Gasteiger partial charge >= 0.3 is 0 Å². The van der Waals surface area contributed by atoms with Gasteiger partial charge in [0.25, 0.3) is 0 Å². The molecule has 118 valence electrons. The minimum absolute atomic E-state index is 0.286. The predicted octanol–water partition coefficient (Wildman–Crippen LogP) is 2.38. The number of aryl methyl sites for hydroxylation is 1. The number of halogens is 2. The summed E-state index contributed by atoms with van der Waals surface area (Å²) in [7, 11) is 3.43. The van der Waals surface area contributed by atoms with E-state index in [0.29, 0.717) is 34.8 Å². The molecule has 0 atom stereocenters. The Kier molecular flexibility index (Phi) is 5.32. The Labute approximate surface area is 133 Å². The number of rotatable bonds is 4. The quantitative estimate of drug-likeness (QED) is 0.690. The summed E-state index contributed by atoms with van der Waals surface area (Å²) in [5.41, 5.74) is 0.420. The highest BCUT2D eigenvalue weighted by Gasteiger charge is 2.13. The van der Waals surface area contributed by atoms with Crippen LogP contribution in [0.25, 0.3) is 0 Å². The van der Waals surface area contributed by atoms with Crippen LogP contribution in [0.3, 0.4) is 0 Å². The fraction of sp³-hybridized carbons (Fsp3) is 0.357. The molecule has 1 aromatic heterocycles. The Hall–Kier alpha value is -2.15. The third-order valence-electron chi connectivity index (χ3n) is 3.00. The molecule has 1 aromatic carbocycles. The van der Waals surface area contributed by atoms with Gasteiger partial charge in [0, 0.05) is 31.2 Å². The largest absolute Gasteiger partial charge is 0.347 e. The molecule has 22 heavy (non-hydrogen) atoms. The lowest BCUT2D eigenvalue weighted by molar-refractivity contribution is 0.367. The van der Waals surface area contributed by atoms with Crippen LogP contribution in [0.1, 0.15) is 17.3 Å². The molecule has 0 aliphatic heterocycles. The smallest absolute Gasteiger partial charge is 0.246 e. The number of guanidine groups is 1. The normalized spacial score (nSPS) is 11.6. The number of nitrogens with one attached hydrogen (secondary N) is 1. The van der Waals surface area contributed by atoms with Gasteiger partial charge in [0.05, 0.1) is 6.54 Å². The summed E-state index contributed by atoms with van der Waals surface area (Å²) in [5, 5.41) is 7.17. The van der Waals surface area contributed by atoms with E-state index < -0.39 is 0 Å². The first kappa shape index (κ1) is 16.2. The van der Waals surface area contributed by atoms with Crippen molar-refractivity contribution in [3.63, 3.8) is 0 Å². The SMILES string of the molecule is CN=C(NCc1nc(C)no1)N(C)Cc1c(F)cccc1Cl. The number of hydrogen-bond acceptors (Lipinski definition) is 4. The van der Waals surface area contributed by atoms with Gasteiger partial charge in [0.2, 0.25) is 5.89 Å². The van der Waals surface area contributed by atoms with Crippen molar-refractivity contribution in [2.24, 2.45) is 4.99 Å². The number of aliphatic imine (C=N–C) groups is 1. The molecule has 0 saturated heterocycles. The maximum absolute atomic E-state index is 13.8. The molecule has 1 N–H and O–H groups in total. The Bertz CT molecular complexity index is 653. The zero-order valence-corrected chi connectivity index (χ0v) is 13.4. The van der Waals surface area contributed by atoms with E-state index in [9.17, 15) is 4.39 Å². The van der Waals surface area contributed by atoms with Crippen LogP contribution in [-0.4, -0.2) is 35.1 Å². The number of aromatic nitrogens is 2. The van der Waals surface area contributed by atoms with Crippen LogP contribution in [0.15, 0.2) is 27.7 Å². The highest BCUT2D eigenvalue weighted by atomic mass is 35.5. The molecule has 2 aromatic rings. The monoisotopic (exact) mass is 325 g/mol. The second kappa shape index (κ2) is 7.22. The summed E-state index contributed by atoms with van der Waals surface area (Å²) in [6.07, 6.45) is 0. The summed E-state index contributed by atoms with van der Waals surface area (Å²) in [6, 6.07) is 4.61. The molecular formula is C14H17ClFN5O. The summed E-state index contributed by atoms with van der Waals surface area (Å²) in [6.45, 7) is 2.37. The molecule has 1 heterocycles. The van der Waals surface area contributed by atoms with Crippen molar-refractivity contribution in [2.75, 3.05) is 14.1 Å². The number of hydrogen-bond donors (Lipinski definition) is 1. The Morgan fingerprint density at radius 2 is 2.27 bits per heavy atom. The van der Waals surface area contributed by atoms with Crippen LogP contribution in [0.2, 0.25) is 5.02 Å². The zero-order valence-electron chi connectivity index (χ0n) is 12.6. The lowest BCUT2D eigenvalue weighted by Crippen LogP contribution is -2.38. The van der Waals surface area contributed by atoms with Gasteiger partial charge in [0.15, 0.2) is 11.8 Å². The molecular weight excluding hydrogens is 309 g/mol. The van der Waals surface area contributed by atoms with Crippen molar-refractivity contribution in [3.05, 3.63) is 46.3 Å². The van der Waals surface area contributed by atoms with Gasteiger partial charge in [-0.3, -0.25) is 4.99 Å². The molecule has 0 aliphatic carbocycles. The molecule has 0 saturated carbocycles. The molecule has 2 rings (SSSR count). The Morgan fingerprint density at radius 1 is 1.50 bits per heavy atom. The van der Waals surface area contributed by atoms with E-state index in [1.165, 1.54) is 6.07 Å². The maximum Gasteiger partial charge on any atom is 0.246 e. The second-order valence-electron chi connectivity index (χ2n) is 4.69. The van der Waals surface area contributed by atoms with Crippen molar-refractivity contribution >= 4 is 17.6 Å². The van der Waals surface area contributed by atoms with E-state index in [0.717, 1.165) is 0 Å². The molecule has 0 bridgehead atoms. The lowest BCUT2D eigenvalue weighted by atomic mass is 10.2. The Morgan fingerprint density at radius 3 is 2.86 bits per heavy atom. The van der Waals surface area contributed by atoms with Crippen molar-refractivity contribution in [2.45, 2.75) is 20.0 Å². The lowest BCUT2D eigenvalue weighted by Gasteiger charge is -2.22. The summed E-state index contributed by atoms with van der Waals surface area (Å²) in [4.78, 5) is 9.99. The van der Waals surface area contributed by atoms with Crippen molar-refractivity contribution in [1.29, 1.82) is 0 Å². The number of benzene rings is 1. The topological polar surface area (TPSA) is 66.5 Å². The van der Waals surface area contributed by atoms with E-state index in [-0.39, 0.29) is 12.4 Å². The predicted molar refractivity (Wildman–Crippen MR) is 82.1 cm³/mol. The Balaban J connectivity index is 2.01. The second-order valence-corrected chi connectivity index (χ2v) is 5.10. The molecule has 8 heteroatoms. The van der Waals surface area contributed by atoms with Crippen LogP contribution < -0.4 is 5.32 Å². The summed E-state index contributed by atoms with van der Waals surface area (Å²) in [5.74, 6) is 1.24. The fourth-order valence-electron chi connectivity index (χ4n) is 1.95. The molecule has 0 radical (unpaired) electrons. The molecule has 6 nitrogen and oxygen atoms in total. The van der Waals surface area contributed by atoms with Gasteiger partial charge in [-0.1, -0.05) is 22.8 Å². The van der Waals surface area contributed by atoms with Crippen molar-refractivity contribution in [3.8, 4) is 0 Å². The van der Waals surface area contributed by atoms with Crippen LogP contribution in [0.5, 0.6) is 0 Å². The van der Waals surface area contributed by atoms with Gasteiger partial charge in [0.1, 0.15) is 5.82 Å². The van der Waals surface area contributed by atoms with Crippen molar-refractivity contribution < 1.29 is 8.91 Å². The molecule has 0 fully saturated rings. The third-order valence-corrected chi connectivity index (χ3v) is 3.35. The highest BCUT2D eigenvalue weighted by molar-refractivity contribution is 6.31. The first-order valence-electron chi connectivity index (χ1n) is 6.65. The third kappa shape index (κ3) is 3.94. The van der Waals surface area contributed by atoms with E-state index in [1.54, 1.807) is 38.1 Å².